The summed E-state index contributed by atoms with van der Waals surface area (Å²) in [6.07, 6.45) is 3.78. The SMILES string of the molecule is CCc1nn(C)c(CC(N)c2ccc(SC)cc2)c1Br. The van der Waals surface area contributed by atoms with E-state index in [9.17, 15) is 0 Å². The highest BCUT2D eigenvalue weighted by molar-refractivity contribution is 9.10. The lowest BCUT2D eigenvalue weighted by atomic mass is 10.0. The number of rotatable bonds is 5. The van der Waals surface area contributed by atoms with E-state index in [1.165, 1.54) is 4.90 Å². The van der Waals surface area contributed by atoms with Crippen LogP contribution in [0, 0.1) is 0 Å². The number of benzene rings is 1. The van der Waals surface area contributed by atoms with Crippen molar-refractivity contribution in [2.75, 3.05) is 6.26 Å². The molecule has 1 atom stereocenters. The molecule has 5 heteroatoms. The average molecular weight is 354 g/mol. The molecule has 1 heterocycles. The van der Waals surface area contributed by atoms with Gasteiger partial charge in [-0.05, 0) is 46.3 Å². The minimum absolute atomic E-state index is 0.0117. The molecule has 0 radical (unpaired) electrons. The number of nitrogens with zero attached hydrogens (tertiary/aromatic N) is 2. The van der Waals surface area contributed by atoms with Gasteiger partial charge in [0.15, 0.2) is 0 Å². The molecule has 2 aromatic rings. The molecule has 0 aliphatic rings. The van der Waals surface area contributed by atoms with Gasteiger partial charge in [0, 0.05) is 24.4 Å². The first-order chi connectivity index (χ1) is 9.56. The largest absolute Gasteiger partial charge is 0.324 e. The maximum absolute atomic E-state index is 6.34. The Morgan fingerprint density at radius 1 is 1.35 bits per heavy atom. The molecule has 3 nitrogen and oxygen atoms in total. The molecule has 0 aliphatic heterocycles. The highest BCUT2D eigenvalue weighted by Crippen LogP contribution is 2.26. The van der Waals surface area contributed by atoms with E-state index in [0.29, 0.717) is 0 Å². The molecule has 0 spiro atoms. The van der Waals surface area contributed by atoms with Crippen LogP contribution in [-0.4, -0.2) is 16.0 Å². The zero-order valence-electron chi connectivity index (χ0n) is 12.1. The van der Waals surface area contributed by atoms with Crippen LogP contribution >= 0.6 is 27.7 Å². The van der Waals surface area contributed by atoms with Gasteiger partial charge in [0.2, 0.25) is 0 Å². The fourth-order valence-corrected chi connectivity index (χ4v) is 3.41. The summed E-state index contributed by atoms with van der Waals surface area (Å²) in [4.78, 5) is 1.26. The molecule has 108 valence electrons. The highest BCUT2D eigenvalue weighted by atomic mass is 79.9. The Kier molecular flexibility index (Phi) is 5.29. The third kappa shape index (κ3) is 3.27. The molecule has 0 saturated heterocycles. The van der Waals surface area contributed by atoms with Crippen LogP contribution in [0.5, 0.6) is 0 Å². The van der Waals surface area contributed by atoms with Crippen molar-refractivity contribution >= 4 is 27.7 Å². The molecule has 0 fully saturated rings. The van der Waals surface area contributed by atoms with E-state index in [-0.39, 0.29) is 6.04 Å². The van der Waals surface area contributed by atoms with Crippen LogP contribution < -0.4 is 5.73 Å². The zero-order valence-corrected chi connectivity index (χ0v) is 14.5. The van der Waals surface area contributed by atoms with Crippen molar-refractivity contribution in [2.45, 2.75) is 30.7 Å². The summed E-state index contributed by atoms with van der Waals surface area (Å²) >= 11 is 5.39. The summed E-state index contributed by atoms with van der Waals surface area (Å²) in [5.41, 5.74) is 9.75. The van der Waals surface area contributed by atoms with Crippen molar-refractivity contribution in [3.63, 3.8) is 0 Å². The van der Waals surface area contributed by atoms with Gasteiger partial charge in [-0.1, -0.05) is 19.1 Å². The van der Waals surface area contributed by atoms with Gasteiger partial charge in [-0.2, -0.15) is 5.10 Å². The van der Waals surface area contributed by atoms with Crippen molar-refractivity contribution in [3.8, 4) is 0 Å². The molecule has 1 aromatic carbocycles. The molecule has 0 saturated carbocycles. The number of thioether (sulfide) groups is 1. The van der Waals surface area contributed by atoms with E-state index < -0.39 is 0 Å². The Balaban J connectivity index is 2.18. The van der Waals surface area contributed by atoms with Gasteiger partial charge >= 0.3 is 0 Å². The summed E-state index contributed by atoms with van der Waals surface area (Å²) in [7, 11) is 1.97. The normalized spacial score (nSPS) is 12.7. The molecule has 0 amide bonds. The number of hydrogen-bond donors (Lipinski definition) is 1. The molecule has 2 N–H and O–H groups in total. The summed E-state index contributed by atoms with van der Waals surface area (Å²) in [5, 5.41) is 4.51. The molecular weight excluding hydrogens is 334 g/mol. The van der Waals surface area contributed by atoms with E-state index in [2.05, 4.69) is 58.5 Å². The summed E-state index contributed by atoms with van der Waals surface area (Å²) < 4.78 is 3.03. The van der Waals surface area contributed by atoms with E-state index in [4.69, 9.17) is 5.73 Å². The number of nitrogens with two attached hydrogens (primary N) is 1. The summed E-state index contributed by atoms with van der Waals surface area (Å²) in [5.74, 6) is 0. The first-order valence-electron chi connectivity index (χ1n) is 6.66. The van der Waals surface area contributed by atoms with Gasteiger partial charge in [0.05, 0.1) is 15.9 Å². The monoisotopic (exact) mass is 353 g/mol. The maximum Gasteiger partial charge on any atom is 0.0766 e. The van der Waals surface area contributed by atoms with E-state index in [0.717, 1.165) is 34.3 Å². The summed E-state index contributed by atoms with van der Waals surface area (Å²) in [6, 6.07) is 8.45. The smallest absolute Gasteiger partial charge is 0.0766 e. The quantitative estimate of drug-likeness (QED) is 0.833. The minimum Gasteiger partial charge on any atom is -0.324 e. The van der Waals surface area contributed by atoms with Crippen molar-refractivity contribution in [2.24, 2.45) is 12.8 Å². The van der Waals surface area contributed by atoms with Gasteiger partial charge in [-0.3, -0.25) is 4.68 Å². The fourth-order valence-electron chi connectivity index (χ4n) is 2.22. The lowest BCUT2D eigenvalue weighted by molar-refractivity contribution is 0.636. The number of hydrogen-bond acceptors (Lipinski definition) is 3. The van der Waals surface area contributed by atoms with E-state index in [1.807, 2.05) is 11.7 Å². The Labute approximate surface area is 133 Å². The topological polar surface area (TPSA) is 43.8 Å². The second-order valence-corrected chi connectivity index (χ2v) is 6.44. The Morgan fingerprint density at radius 2 is 2.00 bits per heavy atom. The van der Waals surface area contributed by atoms with Crippen molar-refractivity contribution in [3.05, 3.63) is 45.7 Å². The Morgan fingerprint density at radius 3 is 2.50 bits per heavy atom. The van der Waals surface area contributed by atoms with Crippen LogP contribution in [-0.2, 0) is 19.9 Å². The van der Waals surface area contributed by atoms with E-state index >= 15 is 0 Å². The molecule has 20 heavy (non-hydrogen) atoms. The Bertz CT molecular complexity index is 578. The van der Waals surface area contributed by atoms with Gasteiger partial charge in [-0.15, -0.1) is 11.8 Å². The fraction of sp³-hybridized carbons (Fsp3) is 0.400. The van der Waals surface area contributed by atoms with Crippen LogP contribution in [0.25, 0.3) is 0 Å². The van der Waals surface area contributed by atoms with E-state index in [1.54, 1.807) is 11.8 Å². The minimum atomic E-state index is -0.0117. The van der Waals surface area contributed by atoms with Crippen LogP contribution in [0.15, 0.2) is 33.6 Å². The van der Waals surface area contributed by atoms with Crippen LogP contribution in [0.3, 0.4) is 0 Å². The highest BCUT2D eigenvalue weighted by Gasteiger charge is 2.16. The predicted octanol–water partition coefficient (Wildman–Crippen LogP) is 3.71. The van der Waals surface area contributed by atoms with Gasteiger partial charge < -0.3 is 5.73 Å². The number of aromatic nitrogens is 2. The van der Waals surface area contributed by atoms with Crippen LogP contribution in [0.4, 0.5) is 0 Å². The standard InChI is InChI=1S/C15H20BrN3S/c1-4-13-15(16)14(19(2)18-13)9-12(17)10-5-7-11(20-3)8-6-10/h5-8,12H,4,9,17H2,1-3H3. The van der Waals surface area contributed by atoms with Gasteiger partial charge in [-0.25, -0.2) is 0 Å². The molecule has 0 bridgehead atoms. The zero-order chi connectivity index (χ0) is 14.7. The number of aryl methyl sites for hydroxylation is 2. The van der Waals surface area contributed by atoms with Gasteiger partial charge in [0.25, 0.3) is 0 Å². The van der Waals surface area contributed by atoms with Crippen LogP contribution in [0.2, 0.25) is 0 Å². The number of halogens is 1. The lowest BCUT2D eigenvalue weighted by Gasteiger charge is -2.13. The summed E-state index contributed by atoms with van der Waals surface area (Å²) in [6.45, 7) is 2.11. The second-order valence-electron chi connectivity index (χ2n) is 4.77. The second kappa shape index (κ2) is 6.78. The van der Waals surface area contributed by atoms with Crippen molar-refractivity contribution < 1.29 is 0 Å². The molecular formula is C15H20BrN3S. The third-order valence-electron chi connectivity index (χ3n) is 3.46. The molecule has 2 rings (SSSR count). The maximum atomic E-state index is 6.34. The first-order valence-corrected chi connectivity index (χ1v) is 8.68. The average Bonchev–Trinajstić information content (AvgIpc) is 2.74. The van der Waals surface area contributed by atoms with Gasteiger partial charge in [0.1, 0.15) is 0 Å². The predicted molar refractivity (Wildman–Crippen MR) is 89.1 cm³/mol. The molecule has 1 aromatic heterocycles. The lowest BCUT2D eigenvalue weighted by Crippen LogP contribution is -2.15. The van der Waals surface area contributed by atoms with Crippen molar-refractivity contribution in [1.29, 1.82) is 0 Å². The van der Waals surface area contributed by atoms with Crippen LogP contribution in [0.1, 0.15) is 29.9 Å². The third-order valence-corrected chi connectivity index (χ3v) is 5.12. The first kappa shape index (κ1) is 15.6. The van der Waals surface area contributed by atoms with Crippen molar-refractivity contribution in [1.82, 2.24) is 9.78 Å². The Hall–Kier alpha value is -0.780. The molecule has 0 aliphatic carbocycles. The molecule has 1 unspecified atom stereocenters.